The molecular formula is C48H80N10O8. The first kappa shape index (κ1) is 58.6. The van der Waals surface area contributed by atoms with Gasteiger partial charge in [0.05, 0.1) is 12.1 Å². The molecule has 0 bridgehead atoms. The highest BCUT2D eigenvalue weighted by Gasteiger charge is 2.32. The number of carboxylic acids is 1. The average molecular weight is 925 g/mol. The summed E-state index contributed by atoms with van der Waals surface area (Å²) in [4.78, 5) is 92.6. The van der Waals surface area contributed by atoms with E-state index in [-0.39, 0.29) is 70.0 Å². The van der Waals surface area contributed by atoms with Crippen LogP contribution in [-0.2, 0) is 46.4 Å². The Morgan fingerprint density at radius 2 is 0.894 bits per heavy atom. The van der Waals surface area contributed by atoms with Gasteiger partial charge < -0.3 is 59.9 Å². The summed E-state index contributed by atoms with van der Waals surface area (Å²) in [6.45, 7) is 12.3. The quantitative estimate of drug-likeness (QED) is 0.0480. The lowest BCUT2D eigenvalue weighted by Gasteiger charge is -2.27. The fourth-order valence-electron chi connectivity index (χ4n) is 6.96. The van der Waals surface area contributed by atoms with Crippen molar-refractivity contribution in [2.24, 2.45) is 34.8 Å². The second kappa shape index (κ2) is 33.1. The third-order valence-electron chi connectivity index (χ3n) is 10.4. The van der Waals surface area contributed by atoms with Crippen LogP contribution in [0.1, 0.15) is 110 Å². The number of carbonyl (C=O) groups is 7. The van der Waals surface area contributed by atoms with Gasteiger partial charge in [0.1, 0.15) is 30.2 Å². The summed E-state index contributed by atoms with van der Waals surface area (Å²) in [5.41, 5.74) is 25.3. The maximum absolute atomic E-state index is 13.9. The highest BCUT2D eigenvalue weighted by molar-refractivity contribution is 5.95. The summed E-state index contributed by atoms with van der Waals surface area (Å²) in [5, 5.41) is 26.2. The van der Waals surface area contributed by atoms with Gasteiger partial charge in [0, 0.05) is 13.0 Å². The first-order chi connectivity index (χ1) is 31.4. The topological polar surface area (TPSA) is 316 Å². The molecule has 0 spiro atoms. The molecule has 2 rings (SSSR count). The molecule has 0 aliphatic carbocycles. The zero-order valence-corrected chi connectivity index (χ0v) is 40.0. The maximum Gasteiger partial charge on any atom is 0.326 e. The molecule has 0 radical (unpaired) electrons. The predicted octanol–water partition coefficient (Wildman–Crippen LogP) is 1.52. The molecule has 6 amide bonds. The summed E-state index contributed by atoms with van der Waals surface area (Å²) in [7, 11) is 0. The second-order valence-electron chi connectivity index (χ2n) is 17.1. The number of carbonyl (C=O) groups excluding carboxylic acids is 6. The van der Waals surface area contributed by atoms with Crippen molar-refractivity contribution in [3.05, 3.63) is 71.8 Å². The molecule has 15 N–H and O–H groups in total. The van der Waals surface area contributed by atoms with Gasteiger partial charge in [0.15, 0.2) is 0 Å². The summed E-state index contributed by atoms with van der Waals surface area (Å²) >= 11 is 0. The van der Waals surface area contributed by atoms with Crippen LogP contribution in [0.2, 0.25) is 0 Å². The minimum absolute atomic E-state index is 0.0377. The molecule has 2 aromatic carbocycles. The molecule has 7 atom stereocenters. The van der Waals surface area contributed by atoms with Crippen molar-refractivity contribution < 1.29 is 38.7 Å². The standard InChI is InChI=1S/C46H74N10O8.C2H6/c1-29(2)25-33(49)40(57)52-36(21-14-23-48)43(60)54-37(46(63)64)19-11-12-24-51-42(59)35(20-13-22-47)53-44(61)38(26-30(3)4)56-45(62)39(28-32-17-9-6-10-18-32)55-41(58)34(50)27-31-15-7-5-8-16-31;1-2/h5-10,15-18,29-30,33-39H,11-14,19-28,47-50H2,1-4H3,(H,51,59)(H,52,57)(H,53,61)(H,54,60)(H,55,58)(H,56,62)(H,63,64);1-2H3/t33-,34-,35-,36-,37-,38-,39-;/m1./s1. The summed E-state index contributed by atoms with van der Waals surface area (Å²) in [6.07, 6.45) is 2.94. The first-order valence-electron chi connectivity index (χ1n) is 23.5. The van der Waals surface area contributed by atoms with Crippen LogP contribution in [-0.4, -0.2) is 108 Å². The molecule has 0 aliphatic rings. The van der Waals surface area contributed by atoms with E-state index in [9.17, 15) is 38.7 Å². The molecule has 370 valence electrons. The maximum atomic E-state index is 13.9. The van der Waals surface area contributed by atoms with Gasteiger partial charge in [-0.3, -0.25) is 28.8 Å². The fourth-order valence-corrected chi connectivity index (χ4v) is 6.96. The lowest BCUT2D eigenvalue weighted by Crippen LogP contribution is -2.58. The molecule has 18 nitrogen and oxygen atoms in total. The molecule has 0 saturated carbocycles. The number of amides is 6. The van der Waals surface area contributed by atoms with E-state index in [2.05, 4.69) is 31.9 Å². The van der Waals surface area contributed by atoms with Crippen molar-refractivity contribution in [2.75, 3.05) is 19.6 Å². The summed E-state index contributed by atoms with van der Waals surface area (Å²) in [5.74, 6) is -4.52. The van der Waals surface area contributed by atoms with Crippen molar-refractivity contribution in [3.8, 4) is 0 Å². The highest BCUT2D eigenvalue weighted by Crippen LogP contribution is 2.11. The van der Waals surface area contributed by atoms with Gasteiger partial charge in [0.2, 0.25) is 35.4 Å². The smallest absolute Gasteiger partial charge is 0.326 e. The van der Waals surface area contributed by atoms with E-state index < -0.39 is 83.7 Å². The number of unbranched alkanes of at least 4 members (excludes halogenated alkanes) is 1. The van der Waals surface area contributed by atoms with Crippen LogP contribution in [0.3, 0.4) is 0 Å². The summed E-state index contributed by atoms with van der Waals surface area (Å²) < 4.78 is 0. The molecule has 2 aromatic rings. The largest absolute Gasteiger partial charge is 0.480 e. The summed E-state index contributed by atoms with van der Waals surface area (Å²) in [6, 6.07) is 11.2. The number of carboxylic acid groups (broad SMARTS) is 1. The molecule has 0 aliphatic heterocycles. The molecule has 0 fully saturated rings. The van der Waals surface area contributed by atoms with Crippen molar-refractivity contribution >= 4 is 41.4 Å². The Bertz CT molecular complexity index is 1750. The molecule has 66 heavy (non-hydrogen) atoms. The van der Waals surface area contributed by atoms with Gasteiger partial charge in [0.25, 0.3) is 0 Å². The van der Waals surface area contributed by atoms with Crippen LogP contribution in [0.4, 0.5) is 0 Å². The van der Waals surface area contributed by atoms with Gasteiger partial charge in [-0.25, -0.2) is 4.79 Å². The number of aliphatic carboxylic acids is 1. The Labute approximate surface area is 391 Å². The Balaban J connectivity index is 0.0000107. The van der Waals surface area contributed by atoms with Crippen LogP contribution < -0.4 is 54.8 Å². The Kier molecular flexibility index (Phi) is 29.4. The Hall–Kier alpha value is -5.43. The molecular weight excluding hydrogens is 845 g/mol. The van der Waals surface area contributed by atoms with Crippen LogP contribution in [0.25, 0.3) is 0 Å². The monoisotopic (exact) mass is 925 g/mol. The number of hydrogen-bond acceptors (Lipinski definition) is 11. The minimum atomic E-state index is -1.26. The van der Waals surface area contributed by atoms with E-state index in [1.165, 1.54) is 0 Å². The fraction of sp³-hybridized carbons (Fsp3) is 0.604. The van der Waals surface area contributed by atoms with E-state index >= 15 is 0 Å². The van der Waals surface area contributed by atoms with E-state index in [4.69, 9.17) is 22.9 Å². The van der Waals surface area contributed by atoms with Gasteiger partial charge in [-0.05, 0) is 100 Å². The van der Waals surface area contributed by atoms with Crippen LogP contribution in [0, 0.1) is 11.8 Å². The van der Waals surface area contributed by atoms with Crippen LogP contribution in [0.15, 0.2) is 60.7 Å². The predicted molar refractivity (Wildman–Crippen MR) is 257 cm³/mol. The van der Waals surface area contributed by atoms with E-state index in [1.807, 2.05) is 102 Å². The number of hydrogen-bond donors (Lipinski definition) is 11. The normalized spacial score (nSPS) is 14.2. The van der Waals surface area contributed by atoms with Crippen LogP contribution in [0.5, 0.6) is 0 Å². The van der Waals surface area contributed by atoms with Gasteiger partial charge in [-0.2, -0.15) is 0 Å². The SMILES string of the molecule is CC.CC(C)C[C@@H](N)C(=O)N[C@H](CCCN)C(=O)N[C@H](CCCCNC(=O)[C@@H](CCCN)NC(=O)[C@@H](CC(C)C)NC(=O)[C@@H](Cc1ccccc1)NC(=O)[C@H](N)Cc1ccccc1)C(=O)O. The van der Waals surface area contributed by atoms with Gasteiger partial charge >= 0.3 is 5.97 Å². The van der Waals surface area contributed by atoms with Crippen molar-refractivity contribution in [1.29, 1.82) is 0 Å². The first-order valence-corrected chi connectivity index (χ1v) is 23.5. The molecule has 0 heterocycles. The highest BCUT2D eigenvalue weighted by atomic mass is 16.4. The Morgan fingerprint density at radius 3 is 1.41 bits per heavy atom. The number of nitrogens with one attached hydrogen (secondary N) is 6. The van der Waals surface area contributed by atoms with Crippen molar-refractivity contribution in [2.45, 2.75) is 154 Å². The molecule has 0 unspecified atom stereocenters. The number of nitrogens with two attached hydrogens (primary N) is 4. The third-order valence-corrected chi connectivity index (χ3v) is 10.4. The molecule has 0 aromatic heterocycles. The molecule has 0 saturated heterocycles. The van der Waals surface area contributed by atoms with E-state index in [1.54, 1.807) is 0 Å². The zero-order valence-electron chi connectivity index (χ0n) is 40.0. The van der Waals surface area contributed by atoms with Crippen molar-refractivity contribution in [3.63, 3.8) is 0 Å². The van der Waals surface area contributed by atoms with Crippen LogP contribution >= 0.6 is 0 Å². The van der Waals surface area contributed by atoms with E-state index in [0.717, 1.165) is 11.1 Å². The molecule has 18 heteroatoms. The van der Waals surface area contributed by atoms with E-state index in [0.29, 0.717) is 32.1 Å². The van der Waals surface area contributed by atoms with Crippen molar-refractivity contribution in [1.82, 2.24) is 31.9 Å². The second-order valence-corrected chi connectivity index (χ2v) is 17.1. The average Bonchev–Trinajstić information content (AvgIpc) is 3.28. The lowest BCUT2D eigenvalue weighted by atomic mass is 10.00. The van der Waals surface area contributed by atoms with Gasteiger partial charge in [-0.15, -0.1) is 0 Å². The number of rotatable bonds is 31. The number of benzene rings is 2. The Morgan fingerprint density at radius 1 is 0.485 bits per heavy atom. The zero-order chi connectivity index (χ0) is 49.6. The third kappa shape index (κ3) is 23.7. The minimum Gasteiger partial charge on any atom is -0.480 e. The van der Waals surface area contributed by atoms with Gasteiger partial charge in [-0.1, -0.05) is 102 Å². The lowest BCUT2D eigenvalue weighted by molar-refractivity contribution is -0.142.